The number of benzene rings is 1. The van der Waals surface area contributed by atoms with Crippen molar-refractivity contribution in [1.29, 1.82) is 0 Å². The summed E-state index contributed by atoms with van der Waals surface area (Å²) in [5.74, 6) is 1.29. The number of ether oxygens (including phenoxy) is 2. The fraction of sp³-hybridized carbons (Fsp3) is 0.409. The van der Waals surface area contributed by atoms with E-state index in [9.17, 15) is 4.79 Å². The van der Waals surface area contributed by atoms with Crippen LogP contribution in [-0.4, -0.2) is 34.4 Å². The number of aryl methyl sites for hydroxylation is 2. The van der Waals surface area contributed by atoms with E-state index in [4.69, 9.17) is 9.47 Å². The molecule has 0 fully saturated rings. The molecule has 3 rings (SSSR count). The van der Waals surface area contributed by atoms with Crippen LogP contribution >= 0.6 is 0 Å². The van der Waals surface area contributed by atoms with E-state index in [1.807, 2.05) is 51.2 Å². The predicted octanol–water partition coefficient (Wildman–Crippen LogP) is 3.66. The van der Waals surface area contributed by atoms with Gasteiger partial charge in [-0.05, 0) is 43.0 Å². The minimum Gasteiger partial charge on any atom is -0.497 e. The fourth-order valence-corrected chi connectivity index (χ4v) is 3.31. The molecule has 7 nitrogen and oxygen atoms in total. The molecule has 1 aromatic carbocycles. The molecular weight excluding hydrogens is 368 g/mol. The molecule has 0 bridgehead atoms. The first-order chi connectivity index (χ1) is 13.8. The second-order valence-corrected chi connectivity index (χ2v) is 7.49. The van der Waals surface area contributed by atoms with Crippen molar-refractivity contribution in [2.24, 2.45) is 7.05 Å². The Morgan fingerprint density at radius 1 is 1.21 bits per heavy atom. The number of aromatic nitrogens is 3. The monoisotopic (exact) mass is 396 g/mol. The minimum atomic E-state index is -0.208. The summed E-state index contributed by atoms with van der Waals surface area (Å²) in [6.45, 7) is 8.06. The van der Waals surface area contributed by atoms with Crippen LogP contribution < -0.4 is 14.8 Å². The predicted molar refractivity (Wildman–Crippen MR) is 112 cm³/mol. The van der Waals surface area contributed by atoms with Crippen molar-refractivity contribution in [1.82, 2.24) is 20.1 Å². The van der Waals surface area contributed by atoms with Crippen molar-refractivity contribution in [3.05, 3.63) is 47.2 Å². The summed E-state index contributed by atoms with van der Waals surface area (Å²) in [6, 6.07) is 9.32. The molecule has 2 heterocycles. The van der Waals surface area contributed by atoms with Crippen LogP contribution in [0, 0.1) is 6.92 Å². The zero-order chi connectivity index (χ0) is 21.1. The van der Waals surface area contributed by atoms with Crippen LogP contribution in [0.1, 0.15) is 49.6 Å². The van der Waals surface area contributed by atoms with Crippen molar-refractivity contribution in [2.75, 3.05) is 13.7 Å². The molecule has 1 N–H and O–H groups in total. The lowest BCUT2D eigenvalue weighted by Crippen LogP contribution is -2.31. The number of methoxy groups -OCH3 is 1. The van der Waals surface area contributed by atoms with Gasteiger partial charge in [0.2, 0.25) is 5.88 Å². The number of rotatable bonds is 7. The summed E-state index contributed by atoms with van der Waals surface area (Å²) < 4.78 is 12.6. The first-order valence-electron chi connectivity index (χ1n) is 9.70. The average Bonchev–Trinajstić information content (AvgIpc) is 3.04. The van der Waals surface area contributed by atoms with E-state index in [-0.39, 0.29) is 18.6 Å². The maximum absolute atomic E-state index is 12.3. The molecule has 0 saturated heterocycles. The molecule has 0 aliphatic carbocycles. The molecule has 3 aromatic rings. The zero-order valence-corrected chi connectivity index (χ0v) is 17.8. The number of hydrogen-bond acceptors (Lipinski definition) is 5. The first-order valence-corrected chi connectivity index (χ1v) is 9.70. The number of fused-ring (bicyclic) bond motifs is 1. The third kappa shape index (κ3) is 4.50. The Kier molecular flexibility index (Phi) is 6.06. The summed E-state index contributed by atoms with van der Waals surface area (Å²) >= 11 is 0. The second kappa shape index (κ2) is 8.51. The van der Waals surface area contributed by atoms with Gasteiger partial charge in [-0.2, -0.15) is 10.1 Å². The van der Waals surface area contributed by atoms with Crippen LogP contribution in [0.25, 0.3) is 11.0 Å². The van der Waals surface area contributed by atoms with Crippen LogP contribution in [0.5, 0.6) is 11.6 Å². The van der Waals surface area contributed by atoms with Crippen molar-refractivity contribution < 1.29 is 14.3 Å². The molecule has 29 heavy (non-hydrogen) atoms. The van der Waals surface area contributed by atoms with Gasteiger partial charge < -0.3 is 14.8 Å². The smallest absolute Gasteiger partial charge is 0.258 e. The minimum absolute atomic E-state index is 0.104. The van der Waals surface area contributed by atoms with E-state index in [1.54, 1.807) is 11.8 Å². The van der Waals surface area contributed by atoms with Gasteiger partial charge in [0.25, 0.3) is 5.91 Å². The van der Waals surface area contributed by atoms with Crippen LogP contribution in [0.4, 0.5) is 0 Å². The molecular formula is C22H28N4O3. The number of nitrogens with one attached hydrogen (secondary N) is 1. The van der Waals surface area contributed by atoms with E-state index >= 15 is 0 Å². The van der Waals surface area contributed by atoms with Crippen LogP contribution in [-0.2, 0) is 11.8 Å². The van der Waals surface area contributed by atoms with Crippen LogP contribution in [0.3, 0.4) is 0 Å². The lowest BCUT2D eigenvalue weighted by atomic mass is 10.0. The lowest BCUT2D eigenvalue weighted by molar-refractivity contribution is -0.123. The van der Waals surface area contributed by atoms with E-state index in [0.717, 1.165) is 33.6 Å². The normalized spacial score (nSPS) is 12.2. The van der Waals surface area contributed by atoms with Gasteiger partial charge in [-0.25, -0.2) is 0 Å². The molecule has 154 valence electrons. The SMILES string of the molecule is COc1ccc(C(C)NC(=O)COc2cc(C)c3c(C(C)C)nn(C)c3n2)cc1. The van der Waals surface area contributed by atoms with E-state index < -0.39 is 0 Å². The Bertz CT molecular complexity index is 1010. The third-order valence-corrected chi connectivity index (χ3v) is 4.89. The zero-order valence-electron chi connectivity index (χ0n) is 17.8. The van der Waals surface area contributed by atoms with Gasteiger partial charge in [0.05, 0.1) is 18.8 Å². The number of amides is 1. The Hall–Kier alpha value is -3.09. The molecule has 0 aliphatic heterocycles. The lowest BCUT2D eigenvalue weighted by Gasteiger charge is -2.15. The molecule has 0 saturated carbocycles. The molecule has 0 spiro atoms. The summed E-state index contributed by atoms with van der Waals surface area (Å²) in [5.41, 5.74) is 3.81. The Morgan fingerprint density at radius 2 is 1.90 bits per heavy atom. The molecule has 0 radical (unpaired) electrons. The Morgan fingerprint density at radius 3 is 2.52 bits per heavy atom. The standard InChI is InChI=1S/C22H28N4O3/c1-13(2)21-20-14(3)11-19(24-22(20)26(5)25-21)29-12-18(27)23-15(4)16-7-9-17(28-6)10-8-16/h7-11,13,15H,12H2,1-6H3,(H,23,27). The first kappa shape index (κ1) is 20.6. The van der Waals surface area contributed by atoms with Crippen molar-refractivity contribution in [3.8, 4) is 11.6 Å². The summed E-state index contributed by atoms with van der Waals surface area (Å²) in [5, 5.41) is 8.57. The quantitative estimate of drug-likeness (QED) is 0.659. The van der Waals surface area contributed by atoms with Gasteiger partial charge in [-0.1, -0.05) is 26.0 Å². The highest BCUT2D eigenvalue weighted by molar-refractivity contribution is 5.83. The van der Waals surface area contributed by atoms with Gasteiger partial charge in [0.1, 0.15) is 5.75 Å². The maximum atomic E-state index is 12.3. The number of carbonyl (C=O) groups excluding carboxylic acids is 1. The second-order valence-electron chi connectivity index (χ2n) is 7.49. The molecule has 0 aliphatic rings. The van der Waals surface area contributed by atoms with Crippen molar-refractivity contribution in [2.45, 2.75) is 39.7 Å². The molecule has 7 heteroatoms. The van der Waals surface area contributed by atoms with Gasteiger partial charge in [-0.15, -0.1) is 0 Å². The van der Waals surface area contributed by atoms with E-state index in [2.05, 4.69) is 29.2 Å². The van der Waals surface area contributed by atoms with Crippen molar-refractivity contribution >= 4 is 16.9 Å². The Balaban J connectivity index is 1.66. The number of pyridine rings is 1. The average molecular weight is 396 g/mol. The summed E-state index contributed by atoms with van der Waals surface area (Å²) in [6.07, 6.45) is 0. The molecule has 2 aromatic heterocycles. The highest BCUT2D eigenvalue weighted by Crippen LogP contribution is 2.28. The topological polar surface area (TPSA) is 78.3 Å². The van der Waals surface area contributed by atoms with E-state index in [0.29, 0.717) is 11.8 Å². The van der Waals surface area contributed by atoms with E-state index in [1.165, 1.54) is 0 Å². The molecule has 1 amide bonds. The van der Waals surface area contributed by atoms with Crippen molar-refractivity contribution in [3.63, 3.8) is 0 Å². The maximum Gasteiger partial charge on any atom is 0.258 e. The Labute approximate surface area is 171 Å². The number of nitrogens with zero attached hydrogens (tertiary/aromatic N) is 3. The largest absolute Gasteiger partial charge is 0.497 e. The number of carbonyl (C=O) groups is 1. The van der Waals surface area contributed by atoms with Gasteiger partial charge >= 0.3 is 0 Å². The van der Waals surface area contributed by atoms with Crippen LogP contribution in [0.15, 0.2) is 30.3 Å². The van der Waals surface area contributed by atoms with Gasteiger partial charge in [-0.3, -0.25) is 9.48 Å². The highest BCUT2D eigenvalue weighted by atomic mass is 16.5. The summed E-state index contributed by atoms with van der Waals surface area (Å²) in [7, 11) is 3.49. The summed E-state index contributed by atoms with van der Waals surface area (Å²) in [4.78, 5) is 16.9. The van der Waals surface area contributed by atoms with Gasteiger partial charge in [0.15, 0.2) is 12.3 Å². The molecule has 1 unspecified atom stereocenters. The van der Waals surface area contributed by atoms with Crippen LogP contribution in [0.2, 0.25) is 0 Å². The van der Waals surface area contributed by atoms with Gasteiger partial charge in [0, 0.05) is 18.5 Å². The fourth-order valence-electron chi connectivity index (χ4n) is 3.31. The molecule has 1 atom stereocenters. The highest BCUT2D eigenvalue weighted by Gasteiger charge is 2.17. The number of hydrogen-bond donors (Lipinski definition) is 1. The third-order valence-electron chi connectivity index (χ3n) is 4.89.